The van der Waals surface area contributed by atoms with Crippen LogP contribution in [-0.2, 0) is 10.0 Å². The van der Waals surface area contributed by atoms with Gasteiger partial charge in [-0.25, -0.2) is 13.2 Å². The van der Waals surface area contributed by atoms with Crippen molar-refractivity contribution in [3.8, 4) is 0 Å². The summed E-state index contributed by atoms with van der Waals surface area (Å²) >= 11 is 12.0. The van der Waals surface area contributed by atoms with E-state index in [-0.39, 0.29) is 37.1 Å². The molecule has 0 unspecified atom stereocenters. The SMILES string of the molecule is Cc1ccc(S(=O)(=O)N2CCN(C(=O)Nc3cc(Cl)ccc3Cl)CC2)cc1. The lowest BCUT2D eigenvalue weighted by Gasteiger charge is -2.34. The smallest absolute Gasteiger partial charge is 0.321 e. The first-order valence-electron chi connectivity index (χ1n) is 8.35. The number of anilines is 1. The van der Waals surface area contributed by atoms with Gasteiger partial charge < -0.3 is 10.2 Å². The first kappa shape index (κ1) is 19.9. The molecule has 27 heavy (non-hydrogen) atoms. The Balaban J connectivity index is 1.63. The third-order valence-electron chi connectivity index (χ3n) is 4.35. The average molecular weight is 428 g/mol. The molecule has 1 N–H and O–H groups in total. The van der Waals surface area contributed by atoms with Crippen molar-refractivity contribution in [2.45, 2.75) is 11.8 Å². The number of urea groups is 1. The maximum Gasteiger partial charge on any atom is 0.321 e. The molecule has 1 aliphatic rings. The van der Waals surface area contributed by atoms with Gasteiger partial charge in [0.1, 0.15) is 0 Å². The maximum atomic E-state index is 12.7. The van der Waals surface area contributed by atoms with Gasteiger partial charge in [-0.05, 0) is 37.3 Å². The zero-order valence-electron chi connectivity index (χ0n) is 14.7. The number of piperazine rings is 1. The number of hydrogen-bond donors (Lipinski definition) is 1. The summed E-state index contributed by atoms with van der Waals surface area (Å²) in [6, 6.07) is 11.2. The van der Waals surface area contributed by atoms with Crippen LogP contribution in [0, 0.1) is 6.92 Å². The van der Waals surface area contributed by atoms with E-state index in [1.807, 2.05) is 6.92 Å². The molecule has 2 amide bonds. The van der Waals surface area contributed by atoms with E-state index in [0.29, 0.717) is 15.7 Å². The molecule has 2 aromatic rings. The van der Waals surface area contributed by atoms with Gasteiger partial charge in [-0.1, -0.05) is 40.9 Å². The van der Waals surface area contributed by atoms with Crippen molar-refractivity contribution in [1.82, 2.24) is 9.21 Å². The normalized spacial score (nSPS) is 15.6. The number of rotatable bonds is 3. The number of nitrogens with one attached hydrogen (secondary N) is 1. The Hall–Kier alpha value is -1.80. The van der Waals surface area contributed by atoms with E-state index in [1.54, 1.807) is 47.4 Å². The van der Waals surface area contributed by atoms with Crippen molar-refractivity contribution in [2.75, 3.05) is 31.5 Å². The van der Waals surface area contributed by atoms with Gasteiger partial charge in [-0.3, -0.25) is 0 Å². The summed E-state index contributed by atoms with van der Waals surface area (Å²) in [5.41, 5.74) is 1.42. The van der Waals surface area contributed by atoms with Crippen molar-refractivity contribution >= 4 is 44.9 Å². The van der Waals surface area contributed by atoms with Crippen molar-refractivity contribution in [2.24, 2.45) is 0 Å². The molecule has 1 saturated heterocycles. The molecule has 1 heterocycles. The first-order chi connectivity index (χ1) is 12.8. The lowest BCUT2D eigenvalue weighted by molar-refractivity contribution is 0.184. The molecular weight excluding hydrogens is 409 g/mol. The van der Waals surface area contributed by atoms with Gasteiger partial charge in [0.15, 0.2) is 0 Å². The van der Waals surface area contributed by atoms with Crippen LogP contribution in [0.2, 0.25) is 10.0 Å². The average Bonchev–Trinajstić information content (AvgIpc) is 2.65. The highest BCUT2D eigenvalue weighted by molar-refractivity contribution is 7.89. The molecule has 0 spiro atoms. The number of carbonyl (C=O) groups is 1. The second-order valence-electron chi connectivity index (χ2n) is 6.26. The molecule has 9 heteroatoms. The topological polar surface area (TPSA) is 69.7 Å². The summed E-state index contributed by atoms with van der Waals surface area (Å²) < 4.78 is 26.8. The molecule has 144 valence electrons. The van der Waals surface area contributed by atoms with Crippen LogP contribution in [0.5, 0.6) is 0 Å². The van der Waals surface area contributed by atoms with Crippen LogP contribution in [-0.4, -0.2) is 49.8 Å². The summed E-state index contributed by atoms with van der Waals surface area (Å²) in [5.74, 6) is 0. The van der Waals surface area contributed by atoms with Crippen LogP contribution in [0.25, 0.3) is 0 Å². The van der Waals surface area contributed by atoms with Crippen molar-refractivity contribution in [3.63, 3.8) is 0 Å². The third kappa shape index (κ3) is 4.55. The molecular formula is C18H19Cl2N3O3S. The molecule has 2 aromatic carbocycles. The van der Waals surface area contributed by atoms with E-state index in [9.17, 15) is 13.2 Å². The minimum Gasteiger partial charge on any atom is -0.322 e. The number of hydrogen-bond acceptors (Lipinski definition) is 3. The van der Waals surface area contributed by atoms with Crippen LogP contribution in [0.1, 0.15) is 5.56 Å². The molecule has 0 bridgehead atoms. The molecule has 0 radical (unpaired) electrons. The molecule has 1 aliphatic heterocycles. The van der Waals surface area contributed by atoms with E-state index in [0.717, 1.165) is 5.56 Å². The zero-order chi connectivity index (χ0) is 19.6. The monoisotopic (exact) mass is 427 g/mol. The fourth-order valence-corrected chi connectivity index (χ4v) is 4.54. The molecule has 3 rings (SSSR count). The fourth-order valence-electron chi connectivity index (χ4n) is 2.78. The van der Waals surface area contributed by atoms with Gasteiger partial charge in [0.2, 0.25) is 10.0 Å². The summed E-state index contributed by atoms with van der Waals surface area (Å²) in [4.78, 5) is 14.3. The Kier molecular flexibility index (Phi) is 5.95. The molecule has 6 nitrogen and oxygen atoms in total. The van der Waals surface area contributed by atoms with Crippen LogP contribution in [0.4, 0.5) is 10.5 Å². The van der Waals surface area contributed by atoms with Gasteiger partial charge in [-0.2, -0.15) is 4.31 Å². The number of carbonyl (C=O) groups excluding carboxylic acids is 1. The summed E-state index contributed by atoms with van der Waals surface area (Å²) in [5, 5.41) is 3.56. The number of aryl methyl sites for hydroxylation is 1. The maximum absolute atomic E-state index is 12.7. The van der Waals surface area contributed by atoms with Crippen LogP contribution >= 0.6 is 23.2 Å². The molecule has 0 saturated carbocycles. The molecule has 1 fully saturated rings. The summed E-state index contributed by atoms with van der Waals surface area (Å²) in [6.45, 7) is 2.93. The summed E-state index contributed by atoms with van der Waals surface area (Å²) in [6.07, 6.45) is 0. The second-order valence-corrected chi connectivity index (χ2v) is 9.04. The highest BCUT2D eigenvalue weighted by Crippen LogP contribution is 2.26. The number of nitrogens with zero attached hydrogens (tertiary/aromatic N) is 2. The predicted octanol–water partition coefficient (Wildman–Crippen LogP) is 3.84. The fraction of sp³-hybridized carbons (Fsp3) is 0.278. The van der Waals surface area contributed by atoms with Gasteiger partial charge in [0, 0.05) is 31.2 Å². The Labute approximate surface area is 168 Å². The van der Waals surface area contributed by atoms with Gasteiger partial charge >= 0.3 is 6.03 Å². The lowest BCUT2D eigenvalue weighted by atomic mass is 10.2. The van der Waals surface area contributed by atoms with Crippen LogP contribution < -0.4 is 5.32 Å². The zero-order valence-corrected chi connectivity index (χ0v) is 17.0. The van der Waals surface area contributed by atoms with Crippen LogP contribution in [0.3, 0.4) is 0 Å². The molecule has 0 aromatic heterocycles. The van der Waals surface area contributed by atoms with E-state index < -0.39 is 10.0 Å². The van der Waals surface area contributed by atoms with E-state index in [2.05, 4.69) is 5.32 Å². The van der Waals surface area contributed by atoms with Crippen molar-refractivity contribution < 1.29 is 13.2 Å². The highest BCUT2D eigenvalue weighted by atomic mass is 35.5. The Morgan fingerprint density at radius 2 is 1.63 bits per heavy atom. The number of benzene rings is 2. The van der Waals surface area contributed by atoms with Gasteiger partial charge in [-0.15, -0.1) is 0 Å². The van der Waals surface area contributed by atoms with Gasteiger partial charge in [0.05, 0.1) is 15.6 Å². The van der Waals surface area contributed by atoms with Gasteiger partial charge in [0.25, 0.3) is 0 Å². The quantitative estimate of drug-likeness (QED) is 0.808. The molecule has 0 aliphatic carbocycles. The third-order valence-corrected chi connectivity index (χ3v) is 6.83. The highest BCUT2D eigenvalue weighted by Gasteiger charge is 2.30. The van der Waals surface area contributed by atoms with Crippen molar-refractivity contribution in [1.29, 1.82) is 0 Å². The minimum atomic E-state index is -3.56. The predicted molar refractivity (Wildman–Crippen MR) is 107 cm³/mol. The minimum absolute atomic E-state index is 0.229. The number of halogens is 2. The number of sulfonamides is 1. The Morgan fingerprint density at radius 1 is 1.00 bits per heavy atom. The van der Waals surface area contributed by atoms with E-state index >= 15 is 0 Å². The first-order valence-corrected chi connectivity index (χ1v) is 10.5. The summed E-state index contributed by atoms with van der Waals surface area (Å²) in [7, 11) is -3.56. The standard InChI is InChI=1S/C18H19Cl2N3O3S/c1-13-2-5-15(6-3-13)27(25,26)23-10-8-22(9-11-23)18(24)21-17-12-14(19)4-7-16(17)20/h2-7,12H,8-11H2,1H3,(H,21,24). The van der Waals surface area contributed by atoms with E-state index in [4.69, 9.17) is 23.2 Å². The largest absolute Gasteiger partial charge is 0.322 e. The Morgan fingerprint density at radius 3 is 2.26 bits per heavy atom. The molecule has 0 atom stereocenters. The second kappa shape index (κ2) is 8.06. The van der Waals surface area contributed by atoms with Crippen molar-refractivity contribution in [3.05, 3.63) is 58.1 Å². The number of amides is 2. The Bertz CT molecular complexity index is 941. The van der Waals surface area contributed by atoms with E-state index in [1.165, 1.54) is 4.31 Å². The van der Waals surface area contributed by atoms with Crippen LogP contribution in [0.15, 0.2) is 47.4 Å². The lowest BCUT2D eigenvalue weighted by Crippen LogP contribution is -2.51.